The molecule has 1 saturated heterocycles. The maximum absolute atomic E-state index is 13.7. The van der Waals surface area contributed by atoms with E-state index < -0.39 is 23.0 Å². The van der Waals surface area contributed by atoms with Gasteiger partial charge >= 0.3 is 6.18 Å². The summed E-state index contributed by atoms with van der Waals surface area (Å²) in [6.45, 7) is 6.79. The molecule has 9 nitrogen and oxygen atoms in total. The second kappa shape index (κ2) is 12.9. The van der Waals surface area contributed by atoms with Crippen molar-refractivity contribution in [3.8, 4) is 0 Å². The van der Waals surface area contributed by atoms with Gasteiger partial charge in [-0.2, -0.15) is 18.2 Å². The van der Waals surface area contributed by atoms with Crippen LogP contribution in [0.15, 0.2) is 36.5 Å². The fraction of sp³-hybridized carbons (Fsp3) is 0.444. The lowest BCUT2D eigenvalue weighted by Gasteiger charge is -2.28. The van der Waals surface area contributed by atoms with Crippen LogP contribution < -0.4 is 20.3 Å². The van der Waals surface area contributed by atoms with Crippen LogP contribution in [-0.4, -0.2) is 49.9 Å². The van der Waals surface area contributed by atoms with Gasteiger partial charge in [-0.05, 0) is 74.9 Å². The van der Waals surface area contributed by atoms with Gasteiger partial charge in [-0.15, -0.1) is 0 Å². The molecule has 40 heavy (non-hydrogen) atoms. The summed E-state index contributed by atoms with van der Waals surface area (Å²) >= 11 is -2.36. The number of nitrogens with zero attached hydrogens (tertiary/aromatic N) is 5. The molecule has 216 valence electrons. The highest BCUT2D eigenvalue weighted by atomic mass is 32.2. The van der Waals surface area contributed by atoms with Crippen LogP contribution in [0.4, 0.5) is 36.4 Å². The van der Waals surface area contributed by atoms with Crippen molar-refractivity contribution in [1.29, 1.82) is 0 Å². The van der Waals surface area contributed by atoms with Crippen LogP contribution in [0.5, 0.6) is 0 Å². The van der Waals surface area contributed by atoms with Crippen LogP contribution in [0, 0.1) is 13.8 Å². The Morgan fingerprint density at radius 1 is 0.975 bits per heavy atom. The molecule has 4 heterocycles. The Labute approximate surface area is 234 Å². The summed E-state index contributed by atoms with van der Waals surface area (Å²) in [6.07, 6.45) is 1.42. The number of hydrogen-bond donors (Lipinski definition) is 2. The summed E-state index contributed by atoms with van der Waals surface area (Å²) < 4.78 is 58.6. The van der Waals surface area contributed by atoms with Crippen molar-refractivity contribution in [2.45, 2.75) is 52.1 Å². The number of fused-ring (bicyclic) bond motifs is 1. The van der Waals surface area contributed by atoms with Gasteiger partial charge < -0.3 is 19.7 Å². The van der Waals surface area contributed by atoms with Crippen molar-refractivity contribution in [1.82, 2.24) is 15.0 Å². The third-order valence-corrected chi connectivity index (χ3v) is 7.13. The van der Waals surface area contributed by atoms with Crippen molar-refractivity contribution in [3.05, 3.63) is 64.5 Å². The van der Waals surface area contributed by atoms with Gasteiger partial charge in [0.05, 0.1) is 11.3 Å². The Bertz CT molecular complexity index is 1350. The molecule has 13 heteroatoms. The van der Waals surface area contributed by atoms with Gasteiger partial charge in [-0.25, -0.2) is 9.97 Å². The molecule has 1 fully saturated rings. The van der Waals surface area contributed by atoms with E-state index in [2.05, 4.69) is 46.3 Å². The fourth-order valence-corrected chi connectivity index (χ4v) is 4.96. The average molecular weight is 577 g/mol. The minimum Gasteiger partial charge on any atom is -0.760 e. The highest BCUT2D eigenvalue weighted by Crippen LogP contribution is 2.36. The van der Waals surface area contributed by atoms with E-state index in [1.807, 2.05) is 6.07 Å². The van der Waals surface area contributed by atoms with Gasteiger partial charge in [0, 0.05) is 61.3 Å². The van der Waals surface area contributed by atoms with E-state index in [1.54, 1.807) is 4.90 Å². The highest BCUT2D eigenvalue weighted by molar-refractivity contribution is 7.76. The van der Waals surface area contributed by atoms with Crippen LogP contribution >= 0.6 is 0 Å². The normalized spacial score (nSPS) is 16.4. The van der Waals surface area contributed by atoms with Gasteiger partial charge in [0.25, 0.3) is 0 Å². The molecule has 1 atom stereocenters. The van der Waals surface area contributed by atoms with Crippen LogP contribution in [-0.2, 0) is 30.3 Å². The maximum Gasteiger partial charge on any atom is 0.419 e. The van der Waals surface area contributed by atoms with Crippen molar-refractivity contribution in [2.24, 2.45) is 5.14 Å². The number of halogens is 3. The zero-order chi connectivity index (χ0) is 28.9. The molecular weight excluding hydrogens is 543 g/mol. The quantitative estimate of drug-likeness (QED) is 0.433. The van der Waals surface area contributed by atoms with Crippen LogP contribution in [0.25, 0.3) is 0 Å². The van der Waals surface area contributed by atoms with E-state index in [1.165, 1.54) is 29.8 Å². The molecule has 2 aromatic heterocycles. The number of hydrogen-bond acceptors (Lipinski definition) is 8. The maximum atomic E-state index is 13.7. The second-order valence-electron chi connectivity index (χ2n) is 9.89. The number of pyridine rings is 1. The van der Waals surface area contributed by atoms with Gasteiger partial charge in [0.2, 0.25) is 5.95 Å². The standard InChI is InChI=1S/C27H31F3N6.H3NO2S/c1-18-8-9-20(17-19(18)2)32-24-21-10-15-35(25-22(27(28,29)30)7-6-12-31-25)16-11-23(21)33-26(34-24)36-13-4-3-5-14-36;1-4(2)3/h6-9,12,17H,3-5,10-11,13-16H2,1-2H3,(H,32,33,34);1H2,(H,2,3)/p-1. The molecule has 1 unspecified atom stereocenters. The molecule has 0 bridgehead atoms. The lowest BCUT2D eigenvalue weighted by Crippen LogP contribution is -2.31. The molecule has 1 aromatic carbocycles. The van der Waals surface area contributed by atoms with E-state index in [0.717, 1.165) is 54.8 Å². The molecular formula is C27H33F3N7O2S-. The van der Waals surface area contributed by atoms with E-state index >= 15 is 0 Å². The number of anilines is 4. The minimum absolute atomic E-state index is 0.0225. The molecule has 0 amide bonds. The SMILES string of the molecule is Cc1ccc(Nc2nc(N3CCCCC3)nc3c2CCN(c2ncccc2C(F)(F)F)CC3)cc1C.NS(=O)[O-]. The lowest BCUT2D eigenvalue weighted by atomic mass is 10.1. The molecule has 0 radical (unpaired) electrons. The summed E-state index contributed by atoms with van der Waals surface area (Å²) in [6, 6.07) is 8.63. The van der Waals surface area contributed by atoms with Crippen molar-refractivity contribution in [2.75, 3.05) is 41.3 Å². The summed E-state index contributed by atoms with van der Waals surface area (Å²) in [5, 5.41) is 7.53. The molecule has 0 aliphatic carbocycles. The first kappa shape index (κ1) is 29.7. The smallest absolute Gasteiger partial charge is 0.419 e. The number of nitrogens with two attached hydrogens (primary N) is 1. The Morgan fingerprint density at radius 3 is 2.35 bits per heavy atom. The Kier molecular flexibility index (Phi) is 9.59. The van der Waals surface area contributed by atoms with Crippen molar-refractivity contribution < 1.29 is 21.9 Å². The monoisotopic (exact) mass is 576 g/mol. The van der Waals surface area contributed by atoms with E-state index in [0.29, 0.717) is 31.9 Å². The number of aryl methyl sites for hydroxylation is 2. The molecule has 5 rings (SSSR count). The second-order valence-corrected chi connectivity index (χ2v) is 10.4. The third kappa shape index (κ3) is 7.46. The molecule has 2 aliphatic heterocycles. The summed E-state index contributed by atoms with van der Waals surface area (Å²) in [7, 11) is 0. The molecule has 2 aliphatic rings. The molecule has 3 N–H and O–H groups in total. The predicted molar refractivity (Wildman–Crippen MR) is 149 cm³/mol. The Morgan fingerprint density at radius 2 is 1.68 bits per heavy atom. The number of rotatable bonds is 4. The van der Waals surface area contributed by atoms with Crippen molar-refractivity contribution >= 4 is 34.5 Å². The summed E-state index contributed by atoms with van der Waals surface area (Å²) in [5.74, 6) is 1.41. The largest absolute Gasteiger partial charge is 0.760 e. The van der Waals surface area contributed by atoms with Crippen LogP contribution in [0.1, 0.15) is 47.2 Å². The third-order valence-electron chi connectivity index (χ3n) is 7.13. The van der Waals surface area contributed by atoms with E-state index in [4.69, 9.17) is 18.7 Å². The van der Waals surface area contributed by atoms with E-state index in [-0.39, 0.29) is 5.82 Å². The lowest BCUT2D eigenvalue weighted by molar-refractivity contribution is -0.137. The number of piperidine rings is 1. The first-order chi connectivity index (χ1) is 19.0. The molecule has 0 saturated carbocycles. The molecule has 0 spiro atoms. The zero-order valence-electron chi connectivity index (χ0n) is 22.5. The van der Waals surface area contributed by atoms with Crippen LogP contribution in [0.2, 0.25) is 0 Å². The van der Waals surface area contributed by atoms with Gasteiger partial charge in [-0.3, -0.25) is 9.35 Å². The van der Waals surface area contributed by atoms with Gasteiger partial charge in [-0.1, -0.05) is 6.07 Å². The Balaban J connectivity index is 0.000000867. The number of aromatic nitrogens is 3. The fourth-order valence-electron chi connectivity index (χ4n) is 4.96. The average Bonchev–Trinajstić information content (AvgIpc) is 3.13. The van der Waals surface area contributed by atoms with Crippen LogP contribution in [0.3, 0.4) is 0 Å². The summed E-state index contributed by atoms with van der Waals surface area (Å²) in [4.78, 5) is 17.9. The number of nitrogens with one attached hydrogen (secondary N) is 1. The minimum atomic E-state index is -4.46. The predicted octanol–water partition coefficient (Wildman–Crippen LogP) is 4.59. The van der Waals surface area contributed by atoms with E-state index in [9.17, 15) is 13.2 Å². The zero-order valence-corrected chi connectivity index (χ0v) is 23.3. The Hall–Kier alpha value is -3.29. The van der Waals surface area contributed by atoms with Crippen molar-refractivity contribution in [3.63, 3.8) is 0 Å². The first-order valence-electron chi connectivity index (χ1n) is 13.1. The topological polar surface area (TPSA) is 123 Å². The highest BCUT2D eigenvalue weighted by Gasteiger charge is 2.36. The van der Waals surface area contributed by atoms with Gasteiger partial charge in [0.1, 0.15) is 11.6 Å². The number of benzene rings is 1. The molecule has 3 aromatic rings. The first-order valence-corrected chi connectivity index (χ1v) is 14.3. The van der Waals surface area contributed by atoms with Gasteiger partial charge in [0.15, 0.2) is 0 Å². The summed E-state index contributed by atoms with van der Waals surface area (Å²) in [5.41, 5.74) is 4.48. The number of alkyl halides is 3.